The number of nitrogens with zero attached hydrogens (tertiary/aromatic N) is 3. The fourth-order valence-corrected chi connectivity index (χ4v) is 3.33. The average molecular weight is 557 g/mol. The van der Waals surface area contributed by atoms with Crippen LogP contribution >= 0.6 is 24.0 Å². The zero-order valence-electron chi connectivity index (χ0n) is 18.9. The van der Waals surface area contributed by atoms with Gasteiger partial charge in [-0.3, -0.25) is 0 Å². The van der Waals surface area contributed by atoms with Crippen molar-refractivity contribution in [2.45, 2.75) is 39.5 Å². The van der Waals surface area contributed by atoms with Crippen LogP contribution < -0.4 is 20.3 Å². The zero-order valence-corrected chi connectivity index (χ0v) is 21.2. The van der Waals surface area contributed by atoms with Crippen molar-refractivity contribution < 1.29 is 13.9 Å². The molecule has 0 saturated carbocycles. The third-order valence-corrected chi connectivity index (χ3v) is 4.83. The number of halogens is 2. The number of aliphatic imine (C=N–C) groups is 1. The fourth-order valence-electron chi connectivity index (χ4n) is 3.33. The van der Waals surface area contributed by atoms with Crippen LogP contribution in [0.4, 0.5) is 10.2 Å². The molecule has 2 heterocycles. The van der Waals surface area contributed by atoms with Crippen molar-refractivity contribution in [1.82, 2.24) is 15.6 Å². The number of nitrogens with one attached hydrogen (secondary N) is 2. The number of morpholine rings is 1. The SMILES string of the molecule is CCNC(=NCc1ccnc(N2CCOC(C)C2)c1)NCC(C)Oc1cccc(F)c1.I. The first-order chi connectivity index (χ1) is 15.0. The minimum Gasteiger partial charge on any atom is -0.489 e. The number of hydrogen-bond donors (Lipinski definition) is 2. The van der Waals surface area contributed by atoms with Crippen LogP contribution in [0.15, 0.2) is 47.6 Å². The maximum atomic E-state index is 13.3. The van der Waals surface area contributed by atoms with Crippen molar-refractivity contribution in [3.63, 3.8) is 0 Å². The van der Waals surface area contributed by atoms with Crippen LogP contribution in [-0.4, -0.2) is 55.9 Å². The lowest BCUT2D eigenvalue weighted by molar-refractivity contribution is 0.0529. The summed E-state index contributed by atoms with van der Waals surface area (Å²) in [6, 6.07) is 10.2. The van der Waals surface area contributed by atoms with Crippen LogP contribution in [0.1, 0.15) is 26.3 Å². The molecule has 1 fully saturated rings. The molecule has 2 N–H and O–H groups in total. The van der Waals surface area contributed by atoms with E-state index in [-0.39, 0.29) is 42.0 Å². The summed E-state index contributed by atoms with van der Waals surface area (Å²) < 4.78 is 24.7. The monoisotopic (exact) mass is 557 g/mol. The molecular formula is C23H33FIN5O2. The lowest BCUT2D eigenvalue weighted by Crippen LogP contribution is -2.42. The van der Waals surface area contributed by atoms with Crippen molar-refractivity contribution >= 4 is 35.8 Å². The van der Waals surface area contributed by atoms with Gasteiger partial charge >= 0.3 is 0 Å². The zero-order chi connectivity index (χ0) is 22.1. The van der Waals surface area contributed by atoms with Crippen LogP contribution in [0, 0.1) is 5.82 Å². The molecule has 1 aliphatic rings. The van der Waals surface area contributed by atoms with Gasteiger partial charge in [0.25, 0.3) is 0 Å². The normalized spacial score (nSPS) is 17.3. The molecule has 2 aromatic rings. The van der Waals surface area contributed by atoms with Gasteiger partial charge in [0, 0.05) is 31.9 Å². The van der Waals surface area contributed by atoms with Crippen LogP contribution in [0.25, 0.3) is 0 Å². The minimum atomic E-state index is -0.309. The second kappa shape index (κ2) is 13.4. The van der Waals surface area contributed by atoms with E-state index in [1.807, 2.05) is 26.1 Å². The molecule has 1 aromatic heterocycles. The van der Waals surface area contributed by atoms with E-state index in [9.17, 15) is 4.39 Å². The molecule has 2 unspecified atom stereocenters. The molecule has 1 aromatic carbocycles. The van der Waals surface area contributed by atoms with Gasteiger partial charge in [-0.05, 0) is 50.6 Å². The first-order valence-corrected chi connectivity index (χ1v) is 10.8. The molecule has 0 aliphatic carbocycles. The molecule has 1 aliphatic heterocycles. The summed E-state index contributed by atoms with van der Waals surface area (Å²) in [6.45, 7) is 10.2. The third kappa shape index (κ3) is 8.42. The molecule has 0 spiro atoms. The summed E-state index contributed by atoms with van der Waals surface area (Å²) >= 11 is 0. The van der Waals surface area contributed by atoms with Gasteiger partial charge in [-0.25, -0.2) is 14.4 Å². The Hall–Kier alpha value is -2.14. The Kier molecular flexibility index (Phi) is 10.9. The van der Waals surface area contributed by atoms with Gasteiger partial charge in [0.2, 0.25) is 0 Å². The first kappa shape index (κ1) is 26.1. The maximum Gasteiger partial charge on any atom is 0.191 e. The molecule has 3 rings (SSSR count). The Morgan fingerprint density at radius 3 is 2.94 bits per heavy atom. The molecule has 0 bridgehead atoms. The van der Waals surface area contributed by atoms with Gasteiger partial charge in [-0.15, -0.1) is 24.0 Å². The van der Waals surface area contributed by atoms with Gasteiger partial charge < -0.3 is 25.0 Å². The number of ether oxygens (including phenoxy) is 2. The third-order valence-electron chi connectivity index (χ3n) is 4.83. The van der Waals surface area contributed by atoms with Crippen molar-refractivity contribution in [2.75, 3.05) is 37.7 Å². The predicted molar refractivity (Wildman–Crippen MR) is 137 cm³/mol. The van der Waals surface area contributed by atoms with Crippen LogP contribution in [0.5, 0.6) is 5.75 Å². The average Bonchev–Trinajstić information content (AvgIpc) is 2.76. The van der Waals surface area contributed by atoms with E-state index in [1.165, 1.54) is 12.1 Å². The number of guanidine groups is 1. The van der Waals surface area contributed by atoms with E-state index in [1.54, 1.807) is 12.1 Å². The van der Waals surface area contributed by atoms with Gasteiger partial charge in [0.15, 0.2) is 5.96 Å². The molecule has 0 radical (unpaired) electrons. The molecular weight excluding hydrogens is 524 g/mol. The van der Waals surface area contributed by atoms with Gasteiger partial charge in [0.05, 0.1) is 25.8 Å². The number of rotatable bonds is 8. The summed E-state index contributed by atoms with van der Waals surface area (Å²) in [5.41, 5.74) is 1.09. The topological polar surface area (TPSA) is 71.0 Å². The van der Waals surface area contributed by atoms with E-state index in [2.05, 4.69) is 38.5 Å². The fraction of sp³-hybridized carbons (Fsp3) is 0.478. The van der Waals surface area contributed by atoms with Gasteiger partial charge in [-0.2, -0.15) is 0 Å². The number of benzene rings is 1. The van der Waals surface area contributed by atoms with Crippen molar-refractivity contribution in [1.29, 1.82) is 0 Å². The van der Waals surface area contributed by atoms with Crippen LogP contribution in [0.3, 0.4) is 0 Å². The van der Waals surface area contributed by atoms with Crippen LogP contribution in [-0.2, 0) is 11.3 Å². The first-order valence-electron chi connectivity index (χ1n) is 10.8. The molecule has 9 heteroatoms. The van der Waals surface area contributed by atoms with E-state index in [0.29, 0.717) is 24.8 Å². The smallest absolute Gasteiger partial charge is 0.191 e. The predicted octanol–water partition coefficient (Wildman–Crippen LogP) is 3.59. The number of hydrogen-bond acceptors (Lipinski definition) is 5. The molecule has 32 heavy (non-hydrogen) atoms. The standard InChI is InChI=1S/C23H32FN5O2.HI/c1-4-25-23(27-14-17(2)31-21-7-5-6-20(24)13-21)28-15-19-8-9-26-22(12-19)29-10-11-30-18(3)16-29;/h5-9,12-13,17-18H,4,10-11,14-16H2,1-3H3,(H2,25,27,28);1H. The summed E-state index contributed by atoms with van der Waals surface area (Å²) in [5.74, 6) is 1.86. The number of anilines is 1. The van der Waals surface area contributed by atoms with Crippen molar-refractivity contribution in [3.05, 3.63) is 54.0 Å². The summed E-state index contributed by atoms with van der Waals surface area (Å²) in [6.07, 6.45) is 1.88. The lowest BCUT2D eigenvalue weighted by Gasteiger charge is -2.32. The Bertz CT molecular complexity index is 870. The Balaban J connectivity index is 0.00000363. The quantitative estimate of drug-likeness (QED) is 0.294. The highest BCUT2D eigenvalue weighted by molar-refractivity contribution is 14.0. The van der Waals surface area contributed by atoms with E-state index >= 15 is 0 Å². The van der Waals surface area contributed by atoms with E-state index in [0.717, 1.165) is 37.6 Å². The largest absolute Gasteiger partial charge is 0.489 e. The number of aromatic nitrogens is 1. The van der Waals surface area contributed by atoms with Crippen molar-refractivity contribution in [2.24, 2.45) is 4.99 Å². The summed E-state index contributed by atoms with van der Waals surface area (Å²) in [7, 11) is 0. The minimum absolute atomic E-state index is 0. The Morgan fingerprint density at radius 1 is 1.34 bits per heavy atom. The highest BCUT2D eigenvalue weighted by atomic mass is 127. The molecule has 2 atom stereocenters. The van der Waals surface area contributed by atoms with E-state index in [4.69, 9.17) is 9.47 Å². The maximum absolute atomic E-state index is 13.3. The highest BCUT2D eigenvalue weighted by Gasteiger charge is 2.18. The Labute approximate surface area is 206 Å². The Morgan fingerprint density at radius 2 is 2.19 bits per heavy atom. The number of pyridine rings is 1. The summed E-state index contributed by atoms with van der Waals surface area (Å²) in [5, 5.41) is 6.53. The molecule has 0 amide bonds. The second-order valence-corrected chi connectivity index (χ2v) is 7.61. The van der Waals surface area contributed by atoms with Gasteiger partial charge in [-0.1, -0.05) is 6.07 Å². The van der Waals surface area contributed by atoms with E-state index < -0.39 is 0 Å². The molecule has 1 saturated heterocycles. The second-order valence-electron chi connectivity index (χ2n) is 7.61. The van der Waals surface area contributed by atoms with Crippen LogP contribution in [0.2, 0.25) is 0 Å². The lowest BCUT2D eigenvalue weighted by atomic mass is 10.2. The van der Waals surface area contributed by atoms with Gasteiger partial charge in [0.1, 0.15) is 23.5 Å². The molecule has 176 valence electrons. The van der Waals surface area contributed by atoms with Crippen molar-refractivity contribution in [3.8, 4) is 5.75 Å². The molecule has 7 nitrogen and oxygen atoms in total. The highest BCUT2D eigenvalue weighted by Crippen LogP contribution is 2.17. The summed E-state index contributed by atoms with van der Waals surface area (Å²) in [4.78, 5) is 11.4.